The van der Waals surface area contributed by atoms with E-state index in [1.54, 1.807) is 0 Å². The highest BCUT2D eigenvalue weighted by atomic mass is 16.3. The summed E-state index contributed by atoms with van der Waals surface area (Å²) in [6, 6.07) is 84.9. The topological polar surface area (TPSA) is 19.6 Å². The van der Waals surface area contributed by atoms with E-state index in [1.807, 2.05) is 0 Å². The molecular weight excluding hydrogens is 813 g/mol. The Labute approximate surface area is 390 Å². The second kappa shape index (κ2) is 14.1. The summed E-state index contributed by atoms with van der Waals surface area (Å²) < 4.78 is 6.80. The molecule has 0 radical (unpaired) electrons. The molecule has 3 nitrogen and oxygen atoms in total. The molecule has 2 aliphatic carbocycles. The van der Waals surface area contributed by atoms with Gasteiger partial charge in [-0.15, -0.1) is 0 Å². The maximum Gasteiger partial charge on any atom is 0.143 e. The first-order chi connectivity index (χ1) is 33.0. The SMILES string of the molecule is CC1(C)c2ccccc2N(c2cc(-c3ccc(N(c4ccccc4)c4ccc5c(c4)C4(c6ccccc6-c6ccccc64)c4ccccc4-5)cc3)c3oc4ccccc4c3c2)c2ccccc21. The molecule has 1 aromatic heterocycles. The van der Waals surface area contributed by atoms with Crippen molar-refractivity contribution in [3.8, 4) is 33.4 Å². The Morgan fingerprint density at radius 3 is 1.49 bits per heavy atom. The molecule has 10 aromatic carbocycles. The zero-order valence-electron chi connectivity index (χ0n) is 37.2. The Balaban J connectivity index is 0.945. The first-order valence-corrected chi connectivity index (χ1v) is 23.3. The van der Waals surface area contributed by atoms with Crippen LogP contribution in [-0.2, 0) is 10.8 Å². The van der Waals surface area contributed by atoms with Crippen LogP contribution in [0.25, 0.3) is 55.3 Å². The third-order valence-corrected chi connectivity index (χ3v) is 15.0. The van der Waals surface area contributed by atoms with Gasteiger partial charge in [0, 0.05) is 44.5 Å². The Bertz CT molecular complexity index is 3690. The molecule has 0 saturated heterocycles. The van der Waals surface area contributed by atoms with Gasteiger partial charge in [-0.05, 0) is 128 Å². The summed E-state index contributed by atoms with van der Waals surface area (Å²) in [7, 11) is 0. The maximum absolute atomic E-state index is 6.80. The van der Waals surface area contributed by atoms with Crippen LogP contribution in [0.15, 0.2) is 235 Å². The van der Waals surface area contributed by atoms with Crippen molar-refractivity contribution in [1.82, 2.24) is 0 Å². The molecule has 0 amide bonds. The van der Waals surface area contributed by atoms with Gasteiger partial charge < -0.3 is 14.2 Å². The van der Waals surface area contributed by atoms with Gasteiger partial charge in [0.2, 0.25) is 0 Å². The van der Waals surface area contributed by atoms with E-state index in [4.69, 9.17) is 4.42 Å². The summed E-state index contributed by atoms with van der Waals surface area (Å²) in [5.74, 6) is 0. The predicted octanol–water partition coefficient (Wildman–Crippen LogP) is 17.2. The summed E-state index contributed by atoms with van der Waals surface area (Å²) >= 11 is 0. The van der Waals surface area contributed by atoms with E-state index < -0.39 is 5.41 Å². The van der Waals surface area contributed by atoms with Crippen LogP contribution in [0, 0.1) is 0 Å². The van der Waals surface area contributed by atoms with E-state index in [0.29, 0.717) is 0 Å². The summed E-state index contributed by atoms with van der Waals surface area (Å²) in [5, 5.41) is 2.21. The second-order valence-corrected chi connectivity index (χ2v) is 18.8. The normalized spacial score (nSPS) is 14.3. The van der Waals surface area contributed by atoms with Crippen LogP contribution in [0.3, 0.4) is 0 Å². The van der Waals surface area contributed by atoms with E-state index in [1.165, 1.54) is 67.0 Å². The van der Waals surface area contributed by atoms with Crippen molar-refractivity contribution in [2.24, 2.45) is 0 Å². The number of hydrogen-bond donors (Lipinski definition) is 0. The number of hydrogen-bond acceptors (Lipinski definition) is 3. The molecular formula is C64H44N2O. The van der Waals surface area contributed by atoms with Crippen molar-refractivity contribution < 1.29 is 4.42 Å². The van der Waals surface area contributed by atoms with Gasteiger partial charge in [0.1, 0.15) is 11.2 Å². The van der Waals surface area contributed by atoms with Crippen molar-refractivity contribution in [2.75, 3.05) is 9.80 Å². The number of benzene rings is 10. The summed E-state index contributed by atoms with van der Waals surface area (Å²) in [6.07, 6.45) is 0. The average Bonchev–Trinajstić information content (AvgIpc) is 4.01. The lowest BCUT2D eigenvalue weighted by atomic mass is 9.70. The Morgan fingerprint density at radius 1 is 0.373 bits per heavy atom. The molecule has 3 heteroatoms. The van der Waals surface area contributed by atoms with Crippen LogP contribution >= 0.6 is 0 Å². The molecule has 67 heavy (non-hydrogen) atoms. The molecule has 0 bridgehead atoms. The molecule has 14 rings (SSSR count). The summed E-state index contributed by atoms with van der Waals surface area (Å²) in [6.45, 7) is 4.68. The van der Waals surface area contributed by atoms with Crippen molar-refractivity contribution in [1.29, 1.82) is 0 Å². The van der Waals surface area contributed by atoms with Gasteiger partial charge in [-0.3, -0.25) is 0 Å². The quantitative estimate of drug-likeness (QED) is 0.172. The fourth-order valence-corrected chi connectivity index (χ4v) is 12.1. The number of fused-ring (bicyclic) bond motifs is 15. The predicted molar refractivity (Wildman–Crippen MR) is 277 cm³/mol. The molecule has 0 fully saturated rings. The van der Waals surface area contributed by atoms with E-state index in [-0.39, 0.29) is 5.41 Å². The van der Waals surface area contributed by atoms with Crippen LogP contribution < -0.4 is 9.80 Å². The van der Waals surface area contributed by atoms with Crippen LogP contribution in [0.5, 0.6) is 0 Å². The van der Waals surface area contributed by atoms with Gasteiger partial charge in [0.05, 0.1) is 16.8 Å². The molecule has 0 atom stereocenters. The van der Waals surface area contributed by atoms with Crippen molar-refractivity contribution in [3.05, 3.63) is 264 Å². The lowest BCUT2D eigenvalue weighted by molar-refractivity contribution is 0.632. The van der Waals surface area contributed by atoms with Gasteiger partial charge >= 0.3 is 0 Å². The van der Waals surface area contributed by atoms with Gasteiger partial charge in [-0.25, -0.2) is 0 Å². The van der Waals surface area contributed by atoms with Gasteiger partial charge in [-0.1, -0.05) is 178 Å². The fourth-order valence-electron chi connectivity index (χ4n) is 12.1. The zero-order valence-corrected chi connectivity index (χ0v) is 37.2. The zero-order chi connectivity index (χ0) is 44.4. The Hall–Kier alpha value is -8.40. The van der Waals surface area contributed by atoms with E-state index >= 15 is 0 Å². The van der Waals surface area contributed by atoms with Gasteiger partial charge in [0.25, 0.3) is 0 Å². The average molecular weight is 857 g/mol. The molecule has 2 heterocycles. The minimum atomic E-state index is -0.435. The van der Waals surface area contributed by atoms with Crippen LogP contribution in [-0.4, -0.2) is 0 Å². The fraction of sp³-hybridized carbons (Fsp3) is 0.0625. The van der Waals surface area contributed by atoms with Gasteiger partial charge in [-0.2, -0.15) is 0 Å². The van der Waals surface area contributed by atoms with Crippen LogP contribution in [0.1, 0.15) is 47.2 Å². The molecule has 3 aliphatic rings. The molecule has 1 spiro atoms. The standard InChI is InChI=1S/C64H44N2O/c1-63(2)56-27-13-15-29-59(56)66(60-30-16-14-28-57(60)63)45-38-51(62-52(39-45)50-23-9-17-31-61(50)67-62)41-32-34-43(35-33-41)65(42-18-4-3-5-19-42)44-36-37-49-48-22-8-12-26-55(48)64(58(49)40-44)53-24-10-6-20-46(53)47-21-7-11-25-54(47)64/h3-40H,1-2H3. The highest BCUT2D eigenvalue weighted by Gasteiger charge is 2.51. The Morgan fingerprint density at radius 2 is 0.866 bits per heavy atom. The van der Waals surface area contributed by atoms with E-state index in [0.717, 1.165) is 55.8 Å². The third-order valence-electron chi connectivity index (χ3n) is 15.0. The van der Waals surface area contributed by atoms with E-state index in [9.17, 15) is 0 Å². The number of anilines is 6. The lowest BCUT2D eigenvalue weighted by Gasteiger charge is -2.42. The first kappa shape index (κ1) is 37.9. The first-order valence-electron chi connectivity index (χ1n) is 23.3. The Kier molecular flexibility index (Phi) is 7.95. The number of furan rings is 1. The lowest BCUT2D eigenvalue weighted by Crippen LogP contribution is -2.30. The molecule has 1 aliphatic heterocycles. The summed E-state index contributed by atoms with van der Waals surface area (Å²) in [4.78, 5) is 4.86. The minimum absolute atomic E-state index is 0.158. The largest absolute Gasteiger partial charge is 0.455 e. The number of rotatable bonds is 5. The highest BCUT2D eigenvalue weighted by molar-refractivity contribution is 6.12. The summed E-state index contributed by atoms with van der Waals surface area (Å²) in [5.41, 5.74) is 23.2. The number of para-hydroxylation sites is 4. The van der Waals surface area contributed by atoms with Crippen molar-refractivity contribution >= 4 is 56.1 Å². The van der Waals surface area contributed by atoms with E-state index in [2.05, 4.69) is 254 Å². The van der Waals surface area contributed by atoms with Crippen LogP contribution in [0.4, 0.5) is 34.1 Å². The molecule has 0 unspecified atom stereocenters. The number of nitrogens with zero attached hydrogens (tertiary/aromatic N) is 2. The van der Waals surface area contributed by atoms with Gasteiger partial charge in [0.15, 0.2) is 0 Å². The smallest absolute Gasteiger partial charge is 0.143 e. The van der Waals surface area contributed by atoms with Crippen LogP contribution in [0.2, 0.25) is 0 Å². The highest BCUT2D eigenvalue weighted by Crippen LogP contribution is 2.63. The maximum atomic E-state index is 6.80. The molecule has 11 aromatic rings. The van der Waals surface area contributed by atoms with Crippen molar-refractivity contribution in [2.45, 2.75) is 24.7 Å². The third kappa shape index (κ3) is 5.23. The monoisotopic (exact) mass is 856 g/mol. The molecule has 0 saturated carbocycles. The molecule has 0 N–H and O–H groups in total. The second-order valence-electron chi connectivity index (χ2n) is 18.8. The minimum Gasteiger partial charge on any atom is -0.455 e. The molecule has 316 valence electrons. The van der Waals surface area contributed by atoms with Crippen molar-refractivity contribution in [3.63, 3.8) is 0 Å².